The Kier molecular flexibility index (Phi) is 7.25. The number of rotatable bonds is 7. The van der Waals surface area contributed by atoms with Crippen LogP contribution in [-0.4, -0.2) is 53.8 Å². The third-order valence-electron chi connectivity index (χ3n) is 6.09. The average molecular weight is 401 g/mol. The van der Waals surface area contributed by atoms with E-state index < -0.39 is 12.1 Å². The Bertz CT molecular complexity index is 720. The number of amides is 3. The molecule has 0 saturated carbocycles. The summed E-state index contributed by atoms with van der Waals surface area (Å²) in [4.78, 5) is 40.3. The molecule has 0 unspecified atom stereocenters. The van der Waals surface area contributed by atoms with E-state index in [1.807, 2.05) is 37.3 Å². The lowest BCUT2D eigenvalue weighted by Gasteiger charge is -2.31. The predicted octanol–water partition coefficient (Wildman–Crippen LogP) is 1.33. The minimum absolute atomic E-state index is 0.0862. The molecule has 0 aliphatic carbocycles. The number of carbonyl (C=O) groups is 3. The molecule has 1 aromatic carbocycles. The summed E-state index contributed by atoms with van der Waals surface area (Å²) in [6, 6.07) is 8.50. The van der Waals surface area contributed by atoms with Gasteiger partial charge in [0.15, 0.2) is 0 Å². The number of fused-ring (bicyclic) bond motifs is 1. The first-order chi connectivity index (χ1) is 14.0. The van der Waals surface area contributed by atoms with Crippen LogP contribution in [0.4, 0.5) is 0 Å². The summed E-state index contributed by atoms with van der Waals surface area (Å²) in [6.07, 6.45) is 4.53. The van der Waals surface area contributed by atoms with E-state index >= 15 is 0 Å². The van der Waals surface area contributed by atoms with Crippen molar-refractivity contribution in [2.24, 2.45) is 0 Å². The highest BCUT2D eigenvalue weighted by atomic mass is 16.2. The SMILES string of the molecule is CC[C@H](NC)C(=O)N[C@H]1CCC[C@H]2CC[C@@H](C(=O)NCc3ccccc3)N2C1=O. The van der Waals surface area contributed by atoms with Gasteiger partial charge in [0.2, 0.25) is 17.7 Å². The Morgan fingerprint density at radius 1 is 1.14 bits per heavy atom. The third-order valence-corrected chi connectivity index (χ3v) is 6.09. The van der Waals surface area contributed by atoms with Crippen LogP contribution >= 0.6 is 0 Å². The molecule has 29 heavy (non-hydrogen) atoms. The molecule has 0 aromatic heterocycles. The number of benzene rings is 1. The van der Waals surface area contributed by atoms with Gasteiger partial charge in [-0.2, -0.15) is 0 Å². The largest absolute Gasteiger partial charge is 0.350 e. The number of carbonyl (C=O) groups excluding carboxylic acids is 3. The maximum absolute atomic E-state index is 13.3. The van der Waals surface area contributed by atoms with Gasteiger partial charge in [-0.25, -0.2) is 0 Å². The normalized spacial score (nSPS) is 25.1. The van der Waals surface area contributed by atoms with Crippen molar-refractivity contribution in [1.82, 2.24) is 20.9 Å². The van der Waals surface area contributed by atoms with Crippen molar-refractivity contribution >= 4 is 17.7 Å². The van der Waals surface area contributed by atoms with Gasteiger partial charge in [0, 0.05) is 12.6 Å². The molecule has 158 valence electrons. The Labute approximate surface area is 172 Å². The first-order valence-corrected chi connectivity index (χ1v) is 10.7. The highest BCUT2D eigenvalue weighted by Gasteiger charge is 2.44. The molecule has 2 saturated heterocycles. The molecule has 7 heteroatoms. The molecule has 3 amide bonds. The fraction of sp³-hybridized carbons (Fsp3) is 0.591. The minimum atomic E-state index is -0.558. The summed E-state index contributed by atoms with van der Waals surface area (Å²) in [5.41, 5.74) is 1.03. The molecule has 3 N–H and O–H groups in total. The molecule has 2 fully saturated rings. The quantitative estimate of drug-likeness (QED) is 0.644. The molecular weight excluding hydrogens is 368 g/mol. The lowest BCUT2D eigenvalue weighted by molar-refractivity contribution is -0.143. The van der Waals surface area contributed by atoms with E-state index in [0.717, 1.165) is 24.8 Å². The van der Waals surface area contributed by atoms with Crippen molar-refractivity contribution in [3.63, 3.8) is 0 Å². The van der Waals surface area contributed by atoms with Gasteiger partial charge in [-0.3, -0.25) is 14.4 Å². The molecule has 2 heterocycles. The number of nitrogens with one attached hydrogen (secondary N) is 3. The number of likely N-dealkylation sites (N-methyl/N-ethyl adjacent to an activating group) is 1. The second kappa shape index (κ2) is 9.87. The molecule has 2 aliphatic rings. The second-order valence-corrected chi connectivity index (χ2v) is 7.94. The Morgan fingerprint density at radius 2 is 1.90 bits per heavy atom. The van der Waals surface area contributed by atoms with Gasteiger partial charge < -0.3 is 20.9 Å². The van der Waals surface area contributed by atoms with Gasteiger partial charge in [-0.15, -0.1) is 0 Å². The topological polar surface area (TPSA) is 90.5 Å². The van der Waals surface area contributed by atoms with E-state index in [-0.39, 0.29) is 29.8 Å². The van der Waals surface area contributed by atoms with E-state index in [9.17, 15) is 14.4 Å². The zero-order chi connectivity index (χ0) is 20.8. The van der Waals surface area contributed by atoms with Crippen LogP contribution in [0.2, 0.25) is 0 Å². The van der Waals surface area contributed by atoms with Crippen molar-refractivity contribution in [1.29, 1.82) is 0 Å². The van der Waals surface area contributed by atoms with Crippen molar-refractivity contribution in [3.05, 3.63) is 35.9 Å². The van der Waals surface area contributed by atoms with Crippen LogP contribution in [0.15, 0.2) is 30.3 Å². The van der Waals surface area contributed by atoms with E-state index in [0.29, 0.717) is 25.8 Å². The van der Waals surface area contributed by atoms with Crippen LogP contribution in [0.25, 0.3) is 0 Å². The van der Waals surface area contributed by atoms with Crippen LogP contribution < -0.4 is 16.0 Å². The zero-order valence-corrected chi connectivity index (χ0v) is 17.3. The summed E-state index contributed by atoms with van der Waals surface area (Å²) in [5.74, 6) is -0.390. The maximum Gasteiger partial charge on any atom is 0.246 e. The van der Waals surface area contributed by atoms with E-state index in [4.69, 9.17) is 0 Å². The molecule has 7 nitrogen and oxygen atoms in total. The minimum Gasteiger partial charge on any atom is -0.350 e. The lowest BCUT2D eigenvalue weighted by Crippen LogP contribution is -2.56. The van der Waals surface area contributed by atoms with Crippen LogP contribution in [0.5, 0.6) is 0 Å². The summed E-state index contributed by atoms with van der Waals surface area (Å²) >= 11 is 0. The van der Waals surface area contributed by atoms with Crippen LogP contribution in [0.1, 0.15) is 51.0 Å². The summed E-state index contributed by atoms with van der Waals surface area (Å²) in [5, 5.41) is 8.87. The molecule has 0 bridgehead atoms. The van der Waals surface area contributed by atoms with Crippen molar-refractivity contribution in [2.45, 2.75) is 76.2 Å². The first kappa shape index (κ1) is 21.3. The van der Waals surface area contributed by atoms with Crippen LogP contribution in [-0.2, 0) is 20.9 Å². The zero-order valence-electron chi connectivity index (χ0n) is 17.3. The van der Waals surface area contributed by atoms with Gasteiger partial charge in [-0.05, 0) is 51.1 Å². The Morgan fingerprint density at radius 3 is 2.59 bits per heavy atom. The van der Waals surface area contributed by atoms with E-state index in [1.165, 1.54) is 0 Å². The third kappa shape index (κ3) is 4.96. The summed E-state index contributed by atoms with van der Waals surface area (Å²) < 4.78 is 0. The number of hydrogen-bond donors (Lipinski definition) is 3. The monoisotopic (exact) mass is 400 g/mol. The Hall–Kier alpha value is -2.41. The maximum atomic E-state index is 13.3. The molecule has 0 spiro atoms. The van der Waals surface area contributed by atoms with Gasteiger partial charge in [-0.1, -0.05) is 37.3 Å². The number of hydrogen-bond acceptors (Lipinski definition) is 4. The van der Waals surface area contributed by atoms with Gasteiger partial charge in [0.25, 0.3) is 0 Å². The van der Waals surface area contributed by atoms with E-state index in [2.05, 4.69) is 16.0 Å². The summed E-state index contributed by atoms with van der Waals surface area (Å²) in [6.45, 7) is 2.38. The summed E-state index contributed by atoms with van der Waals surface area (Å²) in [7, 11) is 1.74. The fourth-order valence-corrected chi connectivity index (χ4v) is 4.45. The molecule has 3 rings (SSSR count). The first-order valence-electron chi connectivity index (χ1n) is 10.7. The van der Waals surface area contributed by atoms with Gasteiger partial charge in [0.05, 0.1) is 6.04 Å². The van der Waals surface area contributed by atoms with Crippen LogP contribution in [0.3, 0.4) is 0 Å². The van der Waals surface area contributed by atoms with Crippen LogP contribution in [0, 0.1) is 0 Å². The second-order valence-electron chi connectivity index (χ2n) is 7.94. The lowest BCUT2D eigenvalue weighted by atomic mass is 10.1. The van der Waals surface area contributed by atoms with Crippen molar-refractivity contribution in [3.8, 4) is 0 Å². The molecule has 2 aliphatic heterocycles. The fourth-order valence-electron chi connectivity index (χ4n) is 4.45. The highest BCUT2D eigenvalue weighted by molar-refractivity contribution is 5.93. The van der Waals surface area contributed by atoms with Gasteiger partial charge >= 0.3 is 0 Å². The van der Waals surface area contributed by atoms with E-state index in [1.54, 1.807) is 11.9 Å². The Balaban J connectivity index is 1.66. The van der Waals surface area contributed by atoms with Crippen molar-refractivity contribution in [2.75, 3.05) is 7.05 Å². The smallest absolute Gasteiger partial charge is 0.246 e. The molecule has 4 atom stereocenters. The molecule has 1 aromatic rings. The predicted molar refractivity (Wildman–Crippen MR) is 111 cm³/mol. The van der Waals surface area contributed by atoms with Gasteiger partial charge in [0.1, 0.15) is 12.1 Å². The average Bonchev–Trinajstić information content (AvgIpc) is 3.10. The molecule has 0 radical (unpaired) electrons. The standard InChI is InChI=1S/C22H32N4O3/c1-3-17(23-2)20(27)25-18-11-7-10-16-12-13-19(26(16)22(18)29)21(28)24-14-15-8-5-4-6-9-15/h4-6,8-9,16-19,23H,3,7,10-14H2,1-2H3,(H,24,28)(H,25,27)/t16-,17-,18-,19-/m0/s1. The molecular formula is C22H32N4O3. The number of nitrogens with zero attached hydrogens (tertiary/aromatic N) is 1. The van der Waals surface area contributed by atoms with Crippen molar-refractivity contribution < 1.29 is 14.4 Å². The highest BCUT2D eigenvalue weighted by Crippen LogP contribution is 2.32.